The number of hydrogen-bond donors (Lipinski definition) is 1. The highest BCUT2D eigenvalue weighted by molar-refractivity contribution is 5.30. The highest BCUT2D eigenvalue weighted by Crippen LogP contribution is 2.21. The molecule has 0 unspecified atom stereocenters. The molecule has 1 aromatic rings. The van der Waals surface area contributed by atoms with Crippen molar-refractivity contribution in [2.75, 3.05) is 0 Å². The van der Waals surface area contributed by atoms with E-state index in [0.717, 1.165) is 5.56 Å². The third kappa shape index (κ3) is 4.19. The van der Waals surface area contributed by atoms with Gasteiger partial charge in [-0.3, -0.25) is 0 Å². The molecule has 3 heteroatoms. The van der Waals surface area contributed by atoms with Gasteiger partial charge < -0.3 is 10.5 Å². The largest absolute Gasteiger partial charge is 0.488 e. The SMILES string of the molecule is CC(C)Oc1ccc(CC(C)(C)N)cc1F. The molecule has 90 valence electrons. The van der Waals surface area contributed by atoms with Gasteiger partial charge in [0.15, 0.2) is 11.6 Å². The molecule has 1 rings (SSSR count). The van der Waals surface area contributed by atoms with Crippen LogP contribution in [0.1, 0.15) is 33.3 Å². The highest BCUT2D eigenvalue weighted by atomic mass is 19.1. The summed E-state index contributed by atoms with van der Waals surface area (Å²) in [5, 5.41) is 0. The first kappa shape index (κ1) is 13.0. The van der Waals surface area contributed by atoms with Crippen LogP contribution >= 0.6 is 0 Å². The van der Waals surface area contributed by atoms with E-state index in [0.29, 0.717) is 12.2 Å². The van der Waals surface area contributed by atoms with Gasteiger partial charge in [-0.25, -0.2) is 4.39 Å². The normalized spacial score (nSPS) is 11.9. The maximum atomic E-state index is 13.6. The zero-order valence-corrected chi connectivity index (χ0v) is 10.4. The first-order valence-corrected chi connectivity index (χ1v) is 5.52. The average Bonchev–Trinajstić information content (AvgIpc) is 2.06. The molecule has 0 aliphatic heterocycles. The maximum Gasteiger partial charge on any atom is 0.165 e. The first-order valence-electron chi connectivity index (χ1n) is 5.52. The van der Waals surface area contributed by atoms with Crippen LogP contribution in [0.3, 0.4) is 0 Å². The quantitative estimate of drug-likeness (QED) is 0.855. The van der Waals surface area contributed by atoms with Crippen molar-refractivity contribution in [3.63, 3.8) is 0 Å². The monoisotopic (exact) mass is 225 g/mol. The lowest BCUT2D eigenvalue weighted by Crippen LogP contribution is -2.34. The van der Waals surface area contributed by atoms with Gasteiger partial charge in [-0.15, -0.1) is 0 Å². The Hall–Kier alpha value is -1.09. The zero-order chi connectivity index (χ0) is 12.3. The van der Waals surface area contributed by atoms with Gasteiger partial charge in [0.05, 0.1) is 6.10 Å². The van der Waals surface area contributed by atoms with Crippen molar-refractivity contribution >= 4 is 0 Å². The van der Waals surface area contributed by atoms with Crippen LogP contribution in [-0.4, -0.2) is 11.6 Å². The van der Waals surface area contributed by atoms with Crippen LogP contribution in [0.15, 0.2) is 18.2 Å². The summed E-state index contributed by atoms with van der Waals surface area (Å²) in [6, 6.07) is 5.01. The molecule has 1 aromatic carbocycles. The van der Waals surface area contributed by atoms with Gasteiger partial charge in [-0.1, -0.05) is 6.07 Å². The molecule has 0 fully saturated rings. The summed E-state index contributed by atoms with van der Waals surface area (Å²) in [6.07, 6.45) is 0.623. The fourth-order valence-corrected chi connectivity index (χ4v) is 1.53. The van der Waals surface area contributed by atoms with E-state index in [-0.39, 0.29) is 17.5 Å². The lowest BCUT2D eigenvalue weighted by Gasteiger charge is -2.19. The molecule has 0 atom stereocenters. The van der Waals surface area contributed by atoms with Crippen molar-refractivity contribution < 1.29 is 9.13 Å². The minimum atomic E-state index is -0.327. The number of nitrogens with two attached hydrogens (primary N) is 1. The molecular formula is C13H20FNO. The Bertz CT molecular complexity index is 355. The molecule has 16 heavy (non-hydrogen) atoms. The van der Waals surface area contributed by atoms with Crippen molar-refractivity contribution in [2.45, 2.75) is 45.8 Å². The molecule has 0 heterocycles. The van der Waals surface area contributed by atoms with Crippen LogP contribution in [0.25, 0.3) is 0 Å². The molecule has 2 N–H and O–H groups in total. The summed E-state index contributed by atoms with van der Waals surface area (Å²) in [5.74, 6) is -0.0240. The number of halogens is 1. The standard InChI is InChI=1S/C13H20FNO/c1-9(2)16-12-6-5-10(7-11(12)14)8-13(3,4)15/h5-7,9H,8,15H2,1-4H3. The number of hydrogen-bond acceptors (Lipinski definition) is 2. The van der Waals surface area contributed by atoms with Crippen LogP contribution in [0.5, 0.6) is 5.75 Å². The van der Waals surface area contributed by atoms with Crippen molar-refractivity contribution in [2.24, 2.45) is 5.73 Å². The molecule has 0 saturated carbocycles. The Balaban J connectivity index is 2.83. The molecule has 0 radical (unpaired) electrons. The summed E-state index contributed by atoms with van der Waals surface area (Å²) in [4.78, 5) is 0. The lowest BCUT2D eigenvalue weighted by molar-refractivity contribution is 0.231. The zero-order valence-electron chi connectivity index (χ0n) is 10.4. The second-order valence-electron chi connectivity index (χ2n) is 5.10. The van der Waals surface area contributed by atoms with Crippen LogP contribution in [-0.2, 0) is 6.42 Å². The van der Waals surface area contributed by atoms with E-state index >= 15 is 0 Å². The van der Waals surface area contributed by atoms with Gasteiger partial charge in [0, 0.05) is 5.54 Å². The van der Waals surface area contributed by atoms with Gasteiger partial charge in [0.25, 0.3) is 0 Å². The van der Waals surface area contributed by atoms with Gasteiger partial charge in [-0.2, -0.15) is 0 Å². The maximum absolute atomic E-state index is 13.6. The fourth-order valence-electron chi connectivity index (χ4n) is 1.53. The molecule has 0 spiro atoms. The van der Waals surface area contributed by atoms with Crippen molar-refractivity contribution in [1.82, 2.24) is 0 Å². The summed E-state index contributed by atoms with van der Waals surface area (Å²) in [5.41, 5.74) is 6.45. The molecule has 0 aliphatic carbocycles. The minimum Gasteiger partial charge on any atom is -0.488 e. The van der Waals surface area contributed by atoms with Crippen LogP contribution in [0, 0.1) is 5.82 Å². The van der Waals surface area contributed by atoms with E-state index in [2.05, 4.69) is 0 Å². The lowest BCUT2D eigenvalue weighted by atomic mass is 9.96. The Kier molecular flexibility index (Phi) is 3.92. The predicted octanol–water partition coefficient (Wildman–Crippen LogP) is 2.89. The molecule has 2 nitrogen and oxygen atoms in total. The van der Waals surface area contributed by atoms with Gasteiger partial charge >= 0.3 is 0 Å². The molecule has 0 bridgehead atoms. The topological polar surface area (TPSA) is 35.2 Å². The first-order chi connectivity index (χ1) is 7.28. The number of benzene rings is 1. The summed E-state index contributed by atoms with van der Waals surface area (Å²) < 4.78 is 18.9. The minimum absolute atomic E-state index is 0.0219. The Morgan fingerprint density at radius 1 is 1.38 bits per heavy atom. The van der Waals surface area contributed by atoms with Crippen LogP contribution < -0.4 is 10.5 Å². The average molecular weight is 225 g/mol. The Morgan fingerprint density at radius 2 is 2.00 bits per heavy atom. The molecular weight excluding hydrogens is 205 g/mol. The molecule has 0 aliphatic rings. The Morgan fingerprint density at radius 3 is 2.44 bits per heavy atom. The highest BCUT2D eigenvalue weighted by Gasteiger charge is 2.13. The van der Waals surface area contributed by atoms with Crippen molar-refractivity contribution in [3.05, 3.63) is 29.6 Å². The molecule has 0 aromatic heterocycles. The van der Waals surface area contributed by atoms with E-state index in [1.54, 1.807) is 6.07 Å². The van der Waals surface area contributed by atoms with Gasteiger partial charge in [0.1, 0.15) is 0 Å². The summed E-state index contributed by atoms with van der Waals surface area (Å²) >= 11 is 0. The smallest absolute Gasteiger partial charge is 0.165 e. The van der Waals surface area contributed by atoms with Crippen molar-refractivity contribution in [3.8, 4) is 5.75 Å². The van der Waals surface area contributed by atoms with Crippen LogP contribution in [0.2, 0.25) is 0 Å². The summed E-state index contributed by atoms with van der Waals surface area (Å²) in [7, 11) is 0. The second kappa shape index (κ2) is 4.83. The third-order valence-electron chi connectivity index (χ3n) is 2.02. The van der Waals surface area contributed by atoms with Gasteiger partial charge in [0.2, 0.25) is 0 Å². The summed E-state index contributed by atoms with van der Waals surface area (Å²) in [6.45, 7) is 7.58. The molecule has 0 amide bonds. The number of rotatable bonds is 4. The van der Waals surface area contributed by atoms with E-state index in [1.807, 2.05) is 33.8 Å². The van der Waals surface area contributed by atoms with Crippen molar-refractivity contribution in [1.29, 1.82) is 0 Å². The fraction of sp³-hybridized carbons (Fsp3) is 0.538. The second-order valence-corrected chi connectivity index (χ2v) is 5.10. The van der Waals surface area contributed by atoms with E-state index in [9.17, 15) is 4.39 Å². The van der Waals surface area contributed by atoms with Gasteiger partial charge in [-0.05, 0) is 51.8 Å². The predicted molar refractivity (Wildman–Crippen MR) is 64.1 cm³/mol. The molecule has 0 saturated heterocycles. The van der Waals surface area contributed by atoms with E-state index < -0.39 is 0 Å². The third-order valence-corrected chi connectivity index (χ3v) is 2.02. The van der Waals surface area contributed by atoms with E-state index in [1.165, 1.54) is 6.07 Å². The number of ether oxygens (including phenoxy) is 1. The van der Waals surface area contributed by atoms with E-state index in [4.69, 9.17) is 10.5 Å². The Labute approximate surface area is 96.6 Å². The van der Waals surface area contributed by atoms with Crippen LogP contribution in [0.4, 0.5) is 4.39 Å².